The van der Waals surface area contributed by atoms with E-state index in [0.29, 0.717) is 11.4 Å². The second-order valence-electron chi connectivity index (χ2n) is 4.01. The van der Waals surface area contributed by atoms with Gasteiger partial charge < -0.3 is 0 Å². The summed E-state index contributed by atoms with van der Waals surface area (Å²) < 4.78 is 27.6. The monoisotopic (exact) mass is 355 g/mol. The Morgan fingerprint density at radius 2 is 2.24 bits per heavy atom. The van der Waals surface area contributed by atoms with E-state index in [9.17, 15) is 8.42 Å². The maximum absolute atomic E-state index is 12.5. The molecule has 0 bridgehead atoms. The SMILES string of the molecule is Cc1sc(Br)cc1S(=O)(=O)N1CCSCC1C. The van der Waals surface area contributed by atoms with Gasteiger partial charge in [-0.3, -0.25) is 0 Å². The van der Waals surface area contributed by atoms with Gasteiger partial charge in [0, 0.05) is 29.0 Å². The quantitative estimate of drug-likeness (QED) is 0.818. The third-order valence-electron chi connectivity index (χ3n) is 2.74. The van der Waals surface area contributed by atoms with E-state index in [1.807, 2.05) is 25.6 Å². The van der Waals surface area contributed by atoms with Gasteiger partial charge in [0.15, 0.2) is 0 Å². The number of aryl methyl sites for hydroxylation is 1. The predicted molar refractivity (Wildman–Crippen MR) is 77.4 cm³/mol. The number of sulfonamides is 1. The lowest BCUT2D eigenvalue weighted by atomic mass is 10.4. The molecule has 0 spiro atoms. The van der Waals surface area contributed by atoms with Crippen LogP contribution in [-0.2, 0) is 10.0 Å². The number of rotatable bonds is 2. The standard InChI is InChI=1S/C10H14BrNO2S3/c1-7-6-15-4-3-12(7)17(13,14)9-5-10(11)16-8(9)2/h5,7H,3-4,6H2,1-2H3. The van der Waals surface area contributed by atoms with Crippen LogP contribution in [0.3, 0.4) is 0 Å². The number of hydrogen-bond acceptors (Lipinski definition) is 4. The van der Waals surface area contributed by atoms with Gasteiger partial charge in [-0.2, -0.15) is 16.1 Å². The lowest BCUT2D eigenvalue weighted by molar-refractivity contribution is 0.367. The van der Waals surface area contributed by atoms with Gasteiger partial charge in [0.2, 0.25) is 10.0 Å². The Kier molecular flexibility index (Phi) is 4.24. The summed E-state index contributed by atoms with van der Waals surface area (Å²) in [5.41, 5.74) is 0. The molecule has 0 N–H and O–H groups in total. The molecule has 2 rings (SSSR count). The Labute approximate surface area is 119 Å². The van der Waals surface area contributed by atoms with E-state index in [-0.39, 0.29) is 6.04 Å². The van der Waals surface area contributed by atoms with E-state index in [0.717, 1.165) is 20.2 Å². The molecule has 1 aromatic heterocycles. The topological polar surface area (TPSA) is 37.4 Å². The highest BCUT2D eigenvalue weighted by atomic mass is 79.9. The van der Waals surface area contributed by atoms with Crippen LogP contribution in [0, 0.1) is 6.92 Å². The average molecular weight is 356 g/mol. The highest BCUT2D eigenvalue weighted by Gasteiger charge is 2.33. The molecule has 1 fully saturated rings. The molecule has 1 saturated heterocycles. The molecule has 0 amide bonds. The number of halogens is 1. The number of thiophene rings is 1. The van der Waals surface area contributed by atoms with Gasteiger partial charge in [0.25, 0.3) is 0 Å². The van der Waals surface area contributed by atoms with E-state index in [4.69, 9.17) is 0 Å². The fourth-order valence-electron chi connectivity index (χ4n) is 1.88. The fraction of sp³-hybridized carbons (Fsp3) is 0.600. The number of hydrogen-bond donors (Lipinski definition) is 0. The van der Waals surface area contributed by atoms with Gasteiger partial charge >= 0.3 is 0 Å². The van der Waals surface area contributed by atoms with Crippen LogP contribution in [0.25, 0.3) is 0 Å². The summed E-state index contributed by atoms with van der Waals surface area (Å²) in [5.74, 6) is 1.76. The first kappa shape index (κ1) is 13.9. The van der Waals surface area contributed by atoms with Gasteiger partial charge in [-0.25, -0.2) is 8.42 Å². The second kappa shape index (κ2) is 5.21. The first-order valence-electron chi connectivity index (χ1n) is 5.28. The third kappa shape index (κ3) is 2.73. The van der Waals surface area contributed by atoms with Crippen LogP contribution in [0.1, 0.15) is 11.8 Å². The Bertz CT molecular complexity index is 512. The van der Waals surface area contributed by atoms with Crippen molar-refractivity contribution in [1.82, 2.24) is 4.31 Å². The van der Waals surface area contributed by atoms with Crippen molar-refractivity contribution >= 4 is 49.1 Å². The smallest absolute Gasteiger partial charge is 0.207 e. The van der Waals surface area contributed by atoms with Crippen LogP contribution < -0.4 is 0 Å². The number of thioether (sulfide) groups is 1. The maximum Gasteiger partial charge on any atom is 0.244 e. The van der Waals surface area contributed by atoms with E-state index in [1.54, 1.807) is 10.4 Å². The van der Waals surface area contributed by atoms with Crippen molar-refractivity contribution in [2.75, 3.05) is 18.1 Å². The summed E-state index contributed by atoms with van der Waals surface area (Å²) in [6.07, 6.45) is 0. The van der Waals surface area contributed by atoms with Gasteiger partial charge in [0.1, 0.15) is 0 Å². The van der Waals surface area contributed by atoms with Gasteiger partial charge in [0.05, 0.1) is 8.68 Å². The lowest BCUT2D eigenvalue weighted by Gasteiger charge is -2.31. The summed E-state index contributed by atoms with van der Waals surface area (Å²) in [4.78, 5) is 1.30. The Morgan fingerprint density at radius 3 is 2.76 bits per heavy atom. The Morgan fingerprint density at radius 1 is 1.53 bits per heavy atom. The largest absolute Gasteiger partial charge is 0.244 e. The highest BCUT2D eigenvalue weighted by molar-refractivity contribution is 9.11. The number of nitrogens with zero attached hydrogens (tertiary/aromatic N) is 1. The van der Waals surface area contributed by atoms with Crippen LogP contribution in [0.4, 0.5) is 0 Å². The summed E-state index contributed by atoms with van der Waals surface area (Å²) in [7, 11) is -3.32. The van der Waals surface area contributed by atoms with Crippen molar-refractivity contribution in [2.45, 2.75) is 24.8 Å². The molecule has 0 aromatic carbocycles. The lowest BCUT2D eigenvalue weighted by Crippen LogP contribution is -2.44. The molecule has 1 unspecified atom stereocenters. The highest BCUT2D eigenvalue weighted by Crippen LogP contribution is 2.33. The molecule has 96 valence electrons. The normalized spacial score (nSPS) is 22.9. The van der Waals surface area contributed by atoms with E-state index >= 15 is 0 Å². The molecule has 1 aliphatic rings. The van der Waals surface area contributed by atoms with E-state index < -0.39 is 10.0 Å². The molecule has 2 heterocycles. The van der Waals surface area contributed by atoms with Gasteiger partial charge in [-0.15, -0.1) is 11.3 Å². The fourth-order valence-corrected chi connectivity index (χ4v) is 7.12. The first-order chi connectivity index (χ1) is 7.93. The van der Waals surface area contributed by atoms with Crippen LogP contribution in [-0.4, -0.2) is 36.8 Å². The minimum absolute atomic E-state index is 0.0804. The molecule has 7 heteroatoms. The molecular weight excluding hydrogens is 342 g/mol. The van der Waals surface area contributed by atoms with Gasteiger partial charge in [-0.1, -0.05) is 0 Å². The third-order valence-corrected chi connectivity index (χ3v) is 7.75. The summed E-state index contributed by atoms with van der Waals surface area (Å²) >= 11 is 6.63. The summed E-state index contributed by atoms with van der Waals surface area (Å²) in [6.45, 7) is 4.44. The summed E-state index contributed by atoms with van der Waals surface area (Å²) in [5, 5.41) is 0. The Balaban J connectivity index is 2.39. The molecule has 3 nitrogen and oxygen atoms in total. The minimum Gasteiger partial charge on any atom is -0.207 e. The minimum atomic E-state index is -3.32. The van der Waals surface area contributed by atoms with Crippen LogP contribution in [0.2, 0.25) is 0 Å². The van der Waals surface area contributed by atoms with Crippen LogP contribution in [0.5, 0.6) is 0 Å². The molecule has 1 aliphatic heterocycles. The Hall–Kier alpha value is 0.440. The van der Waals surface area contributed by atoms with Gasteiger partial charge in [-0.05, 0) is 35.8 Å². The molecule has 17 heavy (non-hydrogen) atoms. The zero-order valence-corrected chi connectivity index (χ0v) is 13.7. The average Bonchev–Trinajstić information content (AvgIpc) is 2.59. The molecule has 1 aromatic rings. The molecule has 1 atom stereocenters. The first-order valence-corrected chi connectivity index (χ1v) is 9.49. The van der Waals surface area contributed by atoms with E-state index in [1.165, 1.54) is 11.3 Å². The zero-order valence-electron chi connectivity index (χ0n) is 9.64. The summed E-state index contributed by atoms with van der Waals surface area (Å²) in [6, 6.07) is 1.79. The maximum atomic E-state index is 12.5. The van der Waals surface area contributed by atoms with Crippen LogP contribution >= 0.6 is 39.0 Å². The molecule has 0 aliphatic carbocycles. The predicted octanol–water partition coefficient (Wildman–Crippen LogP) is 2.95. The molecule has 0 radical (unpaired) electrons. The van der Waals surface area contributed by atoms with Crippen LogP contribution in [0.15, 0.2) is 14.7 Å². The van der Waals surface area contributed by atoms with Crippen molar-refractivity contribution in [3.63, 3.8) is 0 Å². The zero-order chi connectivity index (χ0) is 12.6. The van der Waals surface area contributed by atoms with Crippen molar-refractivity contribution < 1.29 is 8.42 Å². The van der Waals surface area contributed by atoms with Crippen molar-refractivity contribution in [2.24, 2.45) is 0 Å². The van der Waals surface area contributed by atoms with Crippen molar-refractivity contribution in [3.8, 4) is 0 Å². The van der Waals surface area contributed by atoms with Crippen molar-refractivity contribution in [3.05, 3.63) is 14.7 Å². The van der Waals surface area contributed by atoms with Crippen molar-refractivity contribution in [1.29, 1.82) is 0 Å². The molecular formula is C10H14BrNO2S3. The molecule has 0 saturated carbocycles. The van der Waals surface area contributed by atoms with E-state index in [2.05, 4.69) is 15.9 Å². The second-order valence-corrected chi connectivity index (χ2v) is 9.66.